The van der Waals surface area contributed by atoms with Crippen LogP contribution in [0, 0.1) is 22.2 Å². The van der Waals surface area contributed by atoms with E-state index in [1.165, 1.54) is 21.4 Å². The highest BCUT2D eigenvalue weighted by Crippen LogP contribution is 2.41. The van der Waals surface area contributed by atoms with Gasteiger partial charge in [0.25, 0.3) is 0 Å². The first-order valence-corrected chi connectivity index (χ1v) is 14.7. The Morgan fingerprint density at radius 1 is 1.10 bits per heavy atom. The third kappa shape index (κ3) is 4.87. The van der Waals surface area contributed by atoms with Crippen molar-refractivity contribution in [2.75, 3.05) is 31.1 Å². The van der Waals surface area contributed by atoms with Crippen molar-refractivity contribution in [1.29, 1.82) is 0 Å². The van der Waals surface area contributed by atoms with Gasteiger partial charge < -0.3 is 19.9 Å². The summed E-state index contributed by atoms with van der Waals surface area (Å²) >= 11 is 7.15. The Hall–Kier alpha value is -2.76. The monoisotopic (exact) mass is 715 g/mol. The number of anilines is 1. The zero-order valence-electron chi connectivity index (χ0n) is 21.8. The molecule has 0 amide bonds. The molecular weight excluding hydrogens is 692 g/mol. The molecule has 3 aliphatic heterocycles. The number of fused-ring (bicyclic) bond motifs is 4. The van der Waals surface area contributed by atoms with Crippen molar-refractivity contribution in [3.8, 4) is 17.4 Å². The fourth-order valence-electron chi connectivity index (χ4n) is 6.12. The molecule has 42 heavy (non-hydrogen) atoms. The maximum absolute atomic E-state index is 16.4. The molecule has 0 aliphatic carbocycles. The van der Waals surface area contributed by atoms with Crippen LogP contribution in [0.25, 0.3) is 33.1 Å². The minimum Gasteiger partial charge on any atom is -0.462 e. The first-order valence-electron chi connectivity index (χ1n) is 13.4. The average molecular weight is 715 g/mol. The number of aromatic nitrogens is 4. The van der Waals surface area contributed by atoms with Gasteiger partial charge in [0, 0.05) is 66.2 Å². The zero-order valence-corrected chi connectivity index (χ0v) is 24.7. The van der Waals surface area contributed by atoms with E-state index in [4.69, 9.17) is 17.0 Å². The van der Waals surface area contributed by atoms with E-state index in [1.807, 2.05) is 27.8 Å². The highest BCUT2D eigenvalue weighted by molar-refractivity contribution is 14.1. The van der Waals surface area contributed by atoms with Crippen LogP contribution in [0.3, 0.4) is 0 Å². The number of alkyl halides is 3. The van der Waals surface area contributed by atoms with Crippen molar-refractivity contribution in [1.82, 2.24) is 28.4 Å². The van der Waals surface area contributed by atoms with E-state index in [0.717, 1.165) is 12.8 Å². The summed E-state index contributed by atoms with van der Waals surface area (Å²) in [5.41, 5.74) is -0.276. The lowest BCUT2D eigenvalue weighted by molar-refractivity contribution is -0.215. The van der Waals surface area contributed by atoms with Gasteiger partial charge in [-0.2, -0.15) is 23.1 Å². The summed E-state index contributed by atoms with van der Waals surface area (Å²) in [6.45, 7) is 0.741. The van der Waals surface area contributed by atoms with Gasteiger partial charge in [0.05, 0.1) is 23.0 Å². The number of ether oxygens (including phenoxy) is 1. The minimum absolute atomic E-state index is 0.0564. The van der Waals surface area contributed by atoms with Crippen LogP contribution in [0.1, 0.15) is 12.8 Å². The molecule has 1 aromatic carbocycles. The lowest BCUT2D eigenvalue weighted by Crippen LogP contribution is -2.59. The molecule has 3 aromatic heterocycles. The van der Waals surface area contributed by atoms with E-state index in [9.17, 15) is 17.6 Å². The maximum Gasteiger partial charge on any atom is 0.394 e. The lowest BCUT2D eigenvalue weighted by atomic mass is 9.92. The number of halogens is 6. The molecule has 3 aliphatic rings. The number of piperazine rings is 1. The van der Waals surface area contributed by atoms with E-state index in [-0.39, 0.29) is 58.2 Å². The number of pyridine rings is 2. The van der Waals surface area contributed by atoms with Gasteiger partial charge in [0.1, 0.15) is 34.1 Å². The second-order valence-corrected chi connectivity index (χ2v) is 12.6. The molecule has 7 rings (SSSR count). The fraction of sp³-hybridized carbons (Fsp3) is 0.407. The quantitative estimate of drug-likeness (QED) is 0.118. The van der Waals surface area contributed by atoms with Crippen molar-refractivity contribution in [2.24, 2.45) is 5.92 Å². The van der Waals surface area contributed by atoms with Crippen molar-refractivity contribution in [2.45, 2.75) is 37.1 Å². The molecule has 8 nitrogen and oxygen atoms in total. The van der Waals surface area contributed by atoms with Crippen LogP contribution in [0.2, 0.25) is 0 Å². The van der Waals surface area contributed by atoms with E-state index in [2.05, 4.69) is 25.3 Å². The Morgan fingerprint density at radius 2 is 1.86 bits per heavy atom. The maximum atomic E-state index is 16.4. The Labute approximate surface area is 255 Å². The molecule has 2 bridgehead atoms. The van der Waals surface area contributed by atoms with Crippen LogP contribution in [0.5, 0.6) is 6.01 Å². The predicted molar refractivity (Wildman–Crippen MR) is 157 cm³/mol. The predicted octanol–water partition coefficient (Wildman–Crippen LogP) is 5.71. The third-order valence-electron chi connectivity index (χ3n) is 8.23. The largest absolute Gasteiger partial charge is 0.462 e. The van der Waals surface area contributed by atoms with Crippen molar-refractivity contribution in [3.63, 3.8) is 0 Å². The molecule has 0 spiro atoms. The molecule has 3 saturated heterocycles. The van der Waals surface area contributed by atoms with Crippen molar-refractivity contribution in [3.05, 3.63) is 46.7 Å². The smallest absolute Gasteiger partial charge is 0.394 e. The molecule has 6 heterocycles. The fourth-order valence-corrected chi connectivity index (χ4v) is 7.32. The second-order valence-electron chi connectivity index (χ2n) is 10.9. The summed E-state index contributed by atoms with van der Waals surface area (Å²) in [6, 6.07) is 5.32. The summed E-state index contributed by atoms with van der Waals surface area (Å²) in [5, 5.41) is 4.44. The molecule has 220 valence electrons. The van der Waals surface area contributed by atoms with E-state index in [1.54, 1.807) is 12.1 Å². The summed E-state index contributed by atoms with van der Waals surface area (Å²) in [4.78, 5) is 18.1. The number of hydrogen-bond acceptors (Lipinski definition) is 8. The lowest BCUT2D eigenvalue weighted by Gasteiger charge is -2.44. The topological polar surface area (TPSA) is 82.2 Å². The number of rotatable bonds is 5. The molecule has 4 atom stereocenters. The van der Waals surface area contributed by atoms with Gasteiger partial charge >= 0.3 is 12.2 Å². The van der Waals surface area contributed by atoms with Gasteiger partial charge in [-0.15, -0.1) is 0 Å². The number of hydrogen-bond donors (Lipinski definition) is 2. The van der Waals surface area contributed by atoms with Gasteiger partial charge in [-0.1, -0.05) is 24.4 Å². The molecule has 0 radical (unpaired) electrons. The third-order valence-corrected chi connectivity index (χ3v) is 9.56. The Morgan fingerprint density at radius 3 is 2.57 bits per heavy atom. The number of aromatic amines is 1. The van der Waals surface area contributed by atoms with Crippen molar-refractivity contribution >= 4 is 62.6 Å². The summed E-state index contributed by atoms with van der Waals surface area (Å²) in [6.07, 6.45) is -0.957. The first-order chi connectivity index (χ1) is 20.1. The number of benzene rings is 1. The van der Waals surface area contributed by atoms with Gasteiger partial charge in [-0.25, -0.2) is 11.9 Å². The number of nitrogens with one attached hydrogen (secondary N) is 2. The molecular formula is C27H23F5IN7OS. The zero-order chi connectivity index (χ0) is 29.3. The molecule has 15 heteroatoms. The molecule has 2 unspecified atom stereocenters. The molecule has 2 N–H and O–H groups in total. The van der Waals surface area contributed by atoms with E-state index in [0.29, 0.717) is 29.7 Å². The second kappa shape index (κ2) is 10.4. The van der Waals surface area contributed by atoms with Crippen LogP contribution in [-0.4, -0.2) is 73.6 Å². The first kappa shape index (κ1) is 28.0. The summed E-state index contributed by atoms with van der Waals surface area (Å²) < 4.78 is 79.3. The Bertz CT molecular complexity index is 1760. The van der Waals surface area contributed by atoms with Gasteiger partial charge in [-0.05, 0) is 30.4 Å². The number of nitrogens with zero attached hydrogens (tertiary/aromatic N) is 5. The van der Waals surface area contributed by atoms with Crippen LogP contribution in [0.15, 0.2) is 30.5 Å². The van der Waals surface area contributed by atoms with E-state index < -0.39 is 29.8 Å². The van der Waals surface area contributed by atoms with Gasteiger partial charge in [-0.3, -0.25) is 4.98 Å². The van der Waals surface area contributed by atoms with Crippen molar-refractivity contribution < 1.29 is 26.7 Å². The standard InChI is InChI=1S/C27H23F5IN7OS/c28-17-3-1-2-12-6-19(42)36-23(20(12)17)24-21(29)22-15(7-34-24)25(39-8-13-4-5-14(9-39)35-13)38-26(37-22)41-11-18-16(10-40(18)33)27(30,31)32/h1-3,6-7,13-14,16,18,35H,4-5,8-11H2,(H,36,42)/t13?,14?,16-,18-/m1/s1. The number of H-pyrrole nitrogens is 1. The van der Waals surface area contributed by atoms with Gasteiger partial charge in [0.2, 0.25) is 0 Å². The molecule has 4 aromatic rings. The highest BCUT2D eigenvalue weighted by Gasteiger charge is 2.54. The SMILES string of the molecule is Fc1c(-c2[nH]c(=S)cc3cccc(F)c23)ncc2c(N3CC4CCC(C3)N4)nc(OC[C@@H]3[C@H](C(F)(F)F)CN3I)nc12. The summed E-state index contributed by atoms with van der Waals surface area (Å²) in [7, 11) is 0. The van der Waals surface area contributed by atoms with Crippen LogP contribution < -0.4 is 15.0 Å². The summed E-state index contributed by atoms with van der Waals surface area (Å²) in [5.74, 6) is -2.60. The Balaban J connectivity index is 1.34. The van der Waals surface area contributed by atoms with Gasteiger partial charge in [0.15, 0.2) is 5.82 Å². The van der Waals surface area contributed by atoms with Crippen LogP contribution in [0.4, 0.5) is 27.8 Å². The molecule has 0 saturated carbocycles. The minimum atomic E-state index is -4.37. The highest BCUT2D eigenvalue weighted by atomic mass is 127. The average Bonchev–Trinajstić information content (AvgIpc) is 3.27. The van der Waals surface area contributed by atoms with Crippen LogP contribution >= 0.6 is 35.1 Å². The van der Waals surface area contributed by atoms with E-state index >= 15 is 4.39 Å². The normalized spacial score (nSPS) is 24.4. The molecule has 3 fully saturated rings. The Kier molecular flexibility index (Phi) is 6.98. The van der Waals surface area contributed by atoms with Crippen LogP contribution in [-0.2, 0) is 0 Å².